The van der Waals surface area contributed by atoms with E-state index in [9.17, 15) is 8.42 Å². The Morgan fingerprint density at radius 3 is 2.32 bits per heavy atom. The molecular weight excluding hydrogens is 334 g/mol. The van der Waals surface area contributed by atoms with Crippen LogP contribution in [0.3, 0.4) is 0 Å². The van der Waals surface area contributed by atoms with Gasteiger partial charge in [-0.1, -0.05) is 35.9 Å². The molecule has 2 aromatic carbocycles. The van der Waals surface area contributed by atoms with Gasteiger partial charge in [0.2, 0.25) is 0 Å². The van der Waals surface area contributed by atoms with Crippen molar-refractivity contribution in [1.82, 2.24) is 3.97 Å². The first-order valence-electron chi connectivity index (χ1n) is 7.41. The zero-order valence-electron chi connectivity index (χ0n) is 13.3. The van der Waals surface area contributed by atoms with Crippen LogP contribution in [0.25, 0.3) is 17.0 Å². The smallest absolute Gasteiger partial charge is 0.241 e. The molecule has 3 rings (SSSR count). The Hall–Kier alpha value is -3.35. The van der Waals surface area contributed by atoms with Gasteiger partial charge < -0.3 is 0 Å². The van der Waals surface area contributed by atoms with Crippen molar-refractivity contribution in [3.8, 4) is 12.1 Å². The van der Waals surface area contributed by atoms with Crippen LogP contribution in [-0.4, -0.2) is 12.4 Å². The average Bonchev–Trinajstić information content (AvgIpc) is 2.99. The summed E-state index contributed by atoms with van der Waals surface area (Å²) in [5.74, 6) is 0. The molecule has 3 aromatic rings. The van der Waals surface area contributed by atoms with Gasteiger partial charge in [0, 0.05) is 17.1 Å². The zero-order chi connectivity index (χ0) is 18.0. The Kier molecular flexibility index (Phi) is 4.14. The minimum Gasteiger partial charge on any atom is -0.241 e. The number of rotatable bonds is 3. The van der Waals surface area contributed by atoms with E-state index in [2.05, 4.69) is 0 Å². The van der Waals surface area contributed by atoms with Crippen LogP contribution in [0.15, 0.2) is 65.2 Å². The first-order chi connectivity index (χ1) is 12.0. The lowest BCUT2D eigenvalue weighted by Crippen LogP contribution is -2.11. The number of fused-ring (bicyclic) bond motifs is 1. The lowest BCUT2D eigenvalue weighted by Gasteiger charge is -2.07. The van der Waals surface area contributed by atoms with Gasteiger partial charge in [-0.2, -0.15) is 10.5 Å². The Morgan fingerprint density at radius 2 is 1.68 bits per heavy atom. The molecule has 25 heavy (non-hydrogen) atoms. The molecule has 0 atom stereocenters. The number of aromatic nitrogens is 1. The molecule has 0 saturated heterocycles. The third-order valence-electron chi connectivity index (χ3n) is 3.83. The van der Waals surface area contributed by atoms with Crippen molar-refractivity contribution < 1.29 is 8.42 Å². The minimum atomic E-state index is -3.79. The third-order valence-corrected chi connectivity index (χ3v) is 5.52. The van der Waals surface area contributed by atoms with E-state index in [1.807, 2.05) is 6.92 Å². The first kappa shape index (κ1) is 16.5. The van der Waals surface area contributed by atoms with Gasteiger partial charge in [0.05, 0.1) is 10.4 Å². The topological polar surface area (TPSA) is 86.7 Å². The second kappa shape index (κ2) is 6.27. The summed E-state index contributed by atoms with van der Waals surface area (Å²) < 4.78 is 27.2. The summed E-state index contributed by atoms with van der Waals surface area (Å²) in [5, 5.41) is 18.6. The molecule has 0 aliphatic rings. The first-order valence-corrected chi connectivity index (χ1v) is 8.85. The highest BCUT2D eigenvalue weighted by molar-refractivity contribution is 7.90. The average molecular weight is 347 g/mol. The molecule has 0 radical (unpaired) electrons. The Bertz CT molecular complexity index is 1160. The molecule has 1 aromatic heterocycles. The molecular formula is C19H13N3O2S. The normalized spacial score (nSPS) is 10.8. The summed E-state index contributed by atoms with van der Waals surface area (Å²) >= 11 is 0. The fourth-order valence-corrected chi connectivity index (χ4v) is 3.94. The lowest BCUT2D eigenvalue weighted by molar-refractivity contribution is 0.589. The number of nitrogens with zero attached hydrogens (tertiary/aromatic N) is 3. The third kappa shape index (κ3) is 2.91. The summed E-state index contributed by atoms with van der Waals surface area (Å²) in [6.07, 6.45) is 2.83. The Morgan fingerprint density at radius 1 is 1.04 bits per heavy atom. The predicted molar refractivity (Wildman–Crippen MR) is 94.9 cm³/mol. The SMILES string of the molecule is Cc1ccc(S(=O)(=O)n2cc(C=C(C#N)C#N)c3ccccc32)cc1. The van der Waals surface area contributed by atoms with E-state index >= 15 is 0 Å². The maximum Gasteiger partial charge on any atom is 0.268 e. The summed E-state index contributed by atoms with van der Waals surface area (Å²) in [7, 11) is -3.79. The monoisotopic (exact) mass is 347 g/mol. The zero-order valence-corrected chi connectivity index (χ0v) is 14.2. The number of hydrogen-bond donors (Lipinski definition) is 0. The van der Waals surface area contributed by atoms with Crippen LogP contribution < -0.4 is 0 Å². The molecule has 0 bridgehead atoms. The molecule has 0 N–H and O–H groups in total. The molecule has 122 valence electrons. The van der Waals surface area contributed by atoms with Gasteiger partial charge in [-0.25, -0.2) is 12.4 Å². The van der Waals surface area contributed by atoms with Crippen molar-refractivity contribution >= 4 is 27.0 Å². The van der Waals surface area contributed by atoms with Gasteiger partial charge in [0.25, 0.3) is 10.0 Å². The number of hydrogen-bond acceptors (Lipinski definition) is 4. The molecule has 0 spiro atoms. The maximum absolute atomic E-state index is 13.0. The van der Waals surface area contributed by atoms with Gasteiger partial charge in [0.15, 0.2) is 0 Å². The summed E-state index contributed by atoms with van der Waals surface area (Å²) in [4.78, 5) is 0.176. The van der Waals surface area contributed by atoms with Gasteiger partial charge in [-0.3, -0.25) is 0 Å². The van der Waals surface area contributed by atoms with Crippen molar-refractivity contribution in [3.05, 3.63) is 71.4 Å². The van der Waals surface area contributed by atoms with Crippen LogP contribution >= 0.6 is 0 Å². The van der Waals surface area contributed by atoms with Gasteiger partial charge in [-0.05, 0) is 31.2 Å². The molecule has 6 heteroatoms. The molecule has 5 nitrogen and oxygen atoms in total. The highest BCUT2D eigenvalue weighted by atomic mass is 32.2. The van der Waals surface area contributed by atoms with Crippen LogP contribution in [0, 0.1) is 29.6 Å². The number of benzene rings is 2. The number of aryl methyl sites for hydroxylation is 1. The van der Waals surface area contributed by atoms with E-state index in [1.165, 1.54) is 16.2 Å². The number of nitriles is 2. The van der Waals surface area contributed by atoms with Crippen LogP contribution in [0.2, 0.25) is 0 Å². The fourth-order valence-electron chi connectivity index (χ4n) is 2.56. The van der Waals surface area contributed by atoms with Gasteiger partial charge in [-0.15, -0.1) is 0 Å². The highest BCUT2D eigenvalue weighted by Gasteiger charge is 2.20. The quantitative estimate of drug-likeness (QED) is 0.677. The van der Waals surface area contributed by atoms with Crippen LogP contribution in [0.5, 0.6) is 0 Å². The second-order valence-corrected chi connectivity index (χ2v) is 7.31. The van der Waals surface area contributed by atoms with E-state index in [4.69, 9.17) is 10.5 Å². The van der Waals surface area contributed by atoms with E-state index in [0.717, 1.165) is 5.56 Å². The van der Waals surface area contributed by atoms with Crippen molar-refractivity contribution in [1.29, 1.82) is 10.5 Å². The molecule has 0 aliphatic heterocycles. The number of allylic oxidation sites excluding steroid dienone is 1. The van der Waals surface area contributed by atoms with E-state index in [1.54, 1.807) is 60.7 Å². The Labute approximate surface area is 145 Å². The van der Waals surface area contributed by atoms with E-state index in [-0.39, 0.29) is 10.5 Å². The molecule has 0 unspecified atom stereocenters. The minimum absolute atomic E-state index is 0.0874. The van der Waals surface area contributed by atoms with Gasteiger partial charge >= 0.3 is 0 Å². The maximum atomic E-state index is 13.0. The van der Waals surface area contributed by atoms with Crippen LogP contribution in [0.4, 0.5) is 0 Å². The summed E-state index contributed by atoms with van der Waals surface area (Å²) in [6.45, 7) is 1.88. The van der Waals surface area contributed by atoms with Crippen molar-refractivity contribution in [2.75, 3.05) is 0 Å². The van der Waals surface area contributed by atoms with E-state index in [0.29, 0.717) is 16.5 Å². The molecule has 0 fully saturated rings. The predicted octanol–water partition coefficient (Wildman–Crippen LogP) is 3.62. The highest BCUT2D eigenvalue weighted by Crippen LogP contribution is 2.27. The lowest BCUT2D eigenvalue weighted by atomic mass is 10.1. The van der Waals surface area contributed by atoms with Crippen molar-refractivity contribution in [2.45, 2.75) is 11.8 Å². The molecule has 0 saturated carbocycles. The van der Waals surface area contributed by atoms with Crippen LogP contribution in [0.1, 0.15) is 11.1 Å². The van der Waals surface area contributed by atoms with Crippen molar-refractivity contribution in [3.63, 3.8) is 0 Å². The standard InChI is InChI=1S/C19H13N3O2S/c1-14-6-8-17(9-7-14)25(23,24)22-13-16(10-15(11-20)12-21)18-4-2-3-5-19(18)22/h2-10,13H,1H3. The van der Waals surface area contributed by atoms with Crippen LogP contribution in [-0.2, 0) is 10.0 Å². The fraction of sp³-hybridized carbons (Fsp3) is 0.0526. The van der Waals surface area contributed by atoms with E-state index < -0.39 is 10.0 Å². The number of para-hydroxylation sites is 1. The van der Waals surface area contributed by atoms with Crippen molar-refractivity contribution in [2.24, 2.45) is 0 Å². The largest absolute Gasteiger partial charge is 0.268 e. The summed E-state index contributed by atoms with van der Waals surface area (Å²) in [5.41, 5.74) is 1.87. The molecule has 1 heterocycles. The molecule has 0 amide bonds. The second-order valence-electron chi connectivity index (χ2n) is 5.50. The Balaban J connectivity index is 2.28. The molecule has 0 aliphatic carbocycles. The van der Waals surface area contributed by atoms with Gasteiger partial charge in [0.1, 0.15) is 17.7 Å². The summed E-state index contributed by atoms with van der Waals surface area (Å²) in [6, 6.07) is 17.2.